The van der Waals surface area contributed by atoms with Crippen molar-refractivity contribution in [3.8, 4) is 17.0 Å². The van der Waals surface area contributed by atoms with Gasteiger partial charge in [-0.3, -0.25) is 4.79 Å². The second-order valence-electron chi connectivity index (χ2n) is 4.80. The summed E-state index contributed by atoms with van der Waals surface area (Å²) in [5.41, 5.74) is 7.46. The van der Waals surface area contributed by atoms with Crippen LogP contribution >= 0.6 is 15.9 Å². The monoisotopic (exact) mass is 372 g/mol. The normalized spacial score (nSPS) is 10.5. The zero-order valence-electron chi connectivity index (χ0n) is 12.0. The van der Waals surface area contributed by atoms with Crippen molar-refractivity contribution in [1.29, 1.82) is 0 Å². The number of aromatic amines is 1. The lowest BCUT2D eigenvalue weighted by atomic mass is 10.1. The molecule has 2 aromatic carbocycles. The number of hydrogen-bond acceptors (Lipinski definition) is 4. The molecule has 7 heteroatoms. The lowest BCUT2D eigenvalue weighted by Gasteiger charge is -2.11. The third-order valence-corrected chi connectivity index (χ3v) is 3.71. The third kappa shape index (κ3) is 3.40. The Morgan fingerprint density at radius 2 is 1.96 bits per heavy atom. The summed E-state index contributed by atoms with van der Waals surface area (Å²) in [7, 11) is 0. The maximum atomic E-state index is 11.5. The predicted octanol–water partition coefficient (Wildman–Crippen LogP) is 2.91. The van der Waals surface area contributed by atoms with Gasteiger partial charge in [-0.25, -0.2) is 0 Å². The number of nitrogens with one attached hydrogen (secondary N) is 1. The van der Waals surface area contributed by atoms with Crippen LogP contribution in [0, 0.1) is 0 Å². The van der Waals surface area contributed by atoms with E-state index in [1.165, 1.54) is 0 Å². The molecule has 0 saturated heterocycles. The number of carbonyl (C=O) groups is 1. The van der Waals surface area contributed by atoms with Gasteiger partial charge in [0.2, 0.25) is 0 Å². The summed E-state index contributed by atoms with van der Waals surface area (Å²) >= 11 is 3.42. The lowest BCUT2D eigenvalue weighted by molar-refractivity contribution is 0.0996. The lowest BCUT2D eigenvalue weighted by Crippen LogP contribution is -2.13. The highest BCUT2D eigenvalue weighted by molar-refractivity contribution is 9.10. The standard InChI is InChI=1S/C16H13BrN4O2/c17-11-6-7-12(14-15(16(18)22)20-21-19-14)13(8-11)23-9-10-4-2-1-3-5-10/h1-8H,9H2,(H2,18,22)(H,19,20,21). The van der Waals surface area contributed by atoms with Crippen molar-refractivity contribution in [3.63, 3.8) is 0 Å². The van der Waals surface area contributed by atoms with Gasteiger partial charge in [-0.05, 0) is 23.8 Å². The molecule has 0 aliphatic heterocycles. The van der Waals surface area contributed by atoms with E-state index < -0.39 is 5.91 Å². The highest BCUT2D eigenvalue weighted by atomic mass is 79.9. The maximum Gasteiger partial charge on any atom is 0.271 e. The van der Waals surface area contributed by atoms with Crippen LogP contribution in [0.4, 0.5) is 0 Å². The number of benzene rings is 2. The third-order valence-electron chi connectivity index (χ3n) is 3.22. The van der Waals surface area contributed by atoms with Crippen LogP contribution in [0.3, 0.4) is 0 Å². The summed E-state index contributed by atoms with van der Waals surface area (Å²) in [6.07, 6.45) is 0. The van der Waals surface area contributed by atoms with E-state index in [0.29, 0.717) is 23.6 Å². The molecule has 23 heavy (non-hydrogen) atoms. The topological polar surface area (TPSA) is 93.9 Å². The molecule has 0 radical (unpaired) electrons. The van der Waals surface area contributed by atoms with Crippen LogP contribution in [0.2, 0.25) is 0 Å². The Hall–Kier alpha value is -2.67. The van der Waals surface area contributed by atoms with E-state index in [1.807, 2.05) is 42.5 Å². The Morgan fingerprint density at radius 3 is 2.70 bits per heavy atom. The molecule has 1 heterocycles. The van der Waals surface area contributed by atoms with Crippen molar-refractivity contribution in [1.82, 2.24) is 15.4 Å². The molecule has 0 atom stereocenters. The first-order valence-electron chi connectivity index (χ1n) is 6.82. The van der Waals surface area contributed by atoms with Gasteiger partial charge in [0.15, 0.2) is 5.69 Å². The molecular weight excluding hydrogens is 360 g/mol. The Bertz CT molecular complexity index is 833. The Morgan fingerprint density at radius 1 is 1.17 bits per heavy atom. The predicted molar refractivity (Wildman–Crippen MR) is 88.8 cm³/mol. The summed E-state index contributed by atoms with van der Waals surface area (Å²) in [5, 5.41) is 10.2. The molecule has 0 bridgehead atoms. The zero-order valence-corrected chi connectivity index (χ0v) is 13.6. The van der Waals surface area contributed by atoms with Gasteiger partial charge in [-0.15, -0.1) is 0 Å². The first-order chi connectivity index (χ1) is 11.1. The second-order valence-corrected chi connectivity index (χ2v) is 5.72. The van der Waals surface area contributed by atoms with Gasteiger partial charge < -0.3 is 10.5 Å². The molecular formula is C16H13BrN4O2. The average Bonchev–Trinajstić information content (AvgIpc) is 3.03. The molecule has 1 amide bonds. The number of nitrogens with zero attached hydrogens (tertiary/aromatic N) is 2. The van der Waals surface area contributed by atoms with Gasteiger partial charge in [-0.1, -0.05) is 46.3 Å². The molecule has 6 nitrogen and oxygen atoms in total. The van der Waals surface area contributed by atoms with Gasteiger partial charge in [0.05, 0.1) is 0 Å². The molecule has 0 spiro atoms. The maximum absolute atomic E-state index is 11.5. The summed E-state index contributed by atoms with van der Waals surface area (Å²) in [6.45, 7) is 0.397. The van der Waals surface area contributed by atoms with Crippen molar-refractivity contribution < 1.29 is 9.53 Å². The van der Waals surface area contributed by atoms with Gasteiger partial charge in [0.25, 0.3) is 5.91 Å². The highest BCUT2D eigenvalue weighted by Gasteiger charge is 2.19. The van der Waals surface area contributed by atoms with Crippen molar-refractivity contribution in [3.05, 3.63) is 64.3 Å². The molecule has 1 aromatic heterocycles. The second kappa shape index (κ2) is 6.62. The Balaban J connectivity index is 1.95. The van der Waals surface area contributed by atoms with Crippen LogP contribution in [0.5, 0.6) is 5.75 Å². The van der Waals surface area contributed by atoms with E-state index in [1.54, 1.807) is 6.07 Å². The van der Waals surface area contributed by atoms with Crippen LogP contribution in [-0.2, 0) is 6.61 Å². The van der Waals surface area contributed by atoms with Crippen molar-refractivity contribution in [2.24, 2.45) is 5.73 Å². The van der Waals surface area contributed by atoms with E-state index in [-0.39, 0.29) is 5.69 Å². The number of ether oxygens (including phenoxy) is 1. The number of hydrogen-bond donors (Lipinski definition) is 2. The van der Waals surface area contributed by atoms with Crippen molar-refractivity contribution in [2.75, 3.05) is 0 Å². The first-order valence-corrected chi connectivity index (χ1v) is 7.61. The van der Waals surface area contributed by atoms with Crippen LogP contribution < -0.4 is 10.5 Å². The van der Waals surface area contributed by atoms with Gasteiger partial charge in [0.1, 0.15) is 18.1 Å². The summed E-state index contributed by atoms with van der Waals surface area (Å²) < 4.78 is 6.75. The minimum atomic E-state index is -0.648. The minimum Gasteiger partial charge on any atom is -0.488 e. The van der Waals surface area contributed by atoms with Crippen LogP contribution in [0.15, 0.2) is 53.0 Å². The SMILES string of the molecule is NC(=O)c1n[nH]nc1-c1ccc(Br)cc1OCc1ccccc1. The molecule has 0 saturated carbocycles. The van der Waals surface area contributed by atoms with E-state index >= 15 is 0 Å². The first kappa shape index (κ1) is 15.2. The number of amides is 1. The summed E-state index contributed by atoms with van der Waals surface area (Å²) in [4.78, 5) is 11.5. The van der Waals surface area contributed by atoms with Crippen LogP contribution in [0.25, 0.3) is 11.3 Å². The number of H-pyrrole nitrogens is 1. The quantitative estimate of drug-likeness (QED) is 0.719. The summed E-state index contributed by atoms with van der Waals surface area (Å²) in [5.74, 6) is -0.0645. The number of primary amides is 1. The van der Waals surface area contributed by atoms with Crippen molar-refractivity contribution >= 4 is 21.8 Å². The van der Waals surface area contributed by atoms with E-state index in [4.69, 9.17) is 10.5 Å². The smallest absolute Gasteiger partial charge is 0.271 e. The fourth-order valence-corrected chi connectivity index (χ4v) is 2.48. The van der Waals surface area contributed by atoms with E-state index in [9.17, 15) is 4.79 Å². The number of nitrogens with two attached hydrogens (primary N) is 1. The number of carbonyl (C=O) groups excluding carboxylic acids is 1. The molecule has 116 valence electrons. The van der Waals surface area contributed by atoms with Gasteiger partial charge in [0, 0.05) is 10.0 Å². The van der Waals surface area contributed by atoms with Crippen LogP contribution in [0.1, 0.15) is 16.1 Å². The molecule has 3 N–H and O–H groups in total. The van der Waals surface area contributed by atoms with Crippen LogP contribution in [-0.4, -0.2) is 21.3 Å². The van der Waals surface area contributed by atoms with Gasteiger partial charge >= 0.3 is 0 Å². The molecule has 0 unspecified atom stereocenters. The molecule has 0 aliphatic rings. The van der Waals surface area contributed by atoms with Crippen molar-refractivity contribution in [2.45, 2.75) is 6.61 Å². The van der Waals surface area contributed by atoms with Gasteiger partial charge in [-0.2, -0.15) is 15.4 Å². The highest BCUT2D eigenvalue weighted by Crippen LogP contribution is 2.33. The zero-order chi connectivity index (χ0) is 16.2. The minimum absolute atomic E-state index is 0.0804. The summed E-state index contributed by atoms with van der Waals surface area (Å²) in [6, 6.07) is 15.2. The number of rotatable bonds is 5. The fourth-order valence-electron chi connectivity index (χ4n) is 2.14. The number of halogens is 1. The van der Waals surface area contributed by atoms with E-state index in [0.717, 1.165) is 10.0 Å². The Labute approximate surface area is 140 Å². The Kier molecular flexibility index (Phi) is 4.38. The fraction of sp³-hybridized carbons (Fsp3) is 0.0625. The largest absolute Gasteiger partial charge is 0.488 e. The van der Waals surface area contributed by atoms with E-state index in [2.05, 4.69) is 31.3 Å². The average molecular weight is 373 g/mol. The molecule has 3 rings (SSSR count). The molecule has 3 aromatic rings. The number of aromatic nitrogens is 3. The molecule has 0 fully saturated rings. The molecule has 0 aliphatic carbocycles.